The summed E-state index contributed by atoms with van der Waals surface area (Å²) in [6.45, 7) is 2.13. The first-order valence-corrected chi connectivity index (χ1v) is 7.86. The lowest BCUT2D eigenvalue weighted by Crippen LogP contribution is -2.42. The van der Waals surface area contributed by atoms with Crippen molar-refractivity contribution in [3.05, 3.63) is 32.6 Å². The zero-order valence-electron chi connectivity index (χ0n) is 13.6. The van der Waals surface area contributed by atoms with E-state index in [-0.39, 0.29) is 18.2 Å². The van der Waals surface area contributed by atoms with Crippen molar-refractivity contribution in [2.75, 3.05) is 33.8 Å². The average molecular weight is 324 g/mol. The highest BCUT2D eigenvalue weighted by atomic mass is 16.5. The summed E-state index contributed by atoms with van der Waals surface area (Å²) < 4.78 is 6.50. The van der Waals surface area contributed by atoms with Crippen LogP contribution in [0.5, 0.6) is 0 Å². The Balaban J connectivity index is 2.05. The molecule has 1 fully saturated rings. The SMILES string of the molecule is CN(C)CCCNC(=O)c1c[nH]c(=O)n(CC2CCCO2)c1=O. The zero-order chi connectivity index (χ0) is 16.8. The number of hydrogen-bond acceptors (Lipinski definition) is 5. The molecule has 128 valence electrons. The predicted octanol–water partition coefficient (Wildman–Crippen LogP) is -0.603. The third-order valence-electron chi connectivity index (χ3n) is 3.78. The first-order valence-electron chi connectivity index (χ1n) is 7.86. The molecular weight excluding hydrogens is 300 g/mol. The van der Waals surface area contributed by atoms with E-state index in [9.17, 15) is 14.4 Å². The van der Waals surface area contributed by atoms with E-state index in [0.717, 1.165) is 30.4 Å². The van der Waals surface area contributed by atoms with Gasteiger partial charge in [-0.3, -0.25) is 14.2 Å². The van der Waals surface area contributed by atoms with Gasteiger partial charge in [0.1, 0.15) is 5.56 Å². The number of amides is 1. The van der Waals surface area contributed by atoms with Crippen LogP contribution in [-0.4, -0.2) is 60.3 Å². The van der Waals surface area contributed by atoms with Gasteiger partial charge in [0, 0.05) is 19.3 Å². The lowest BCUT2D eigenvalue weighted by Gasteiger charge is -2.12. The highest BCUT2D eigenvalue weighted by Gasteiger charge is 2.20. The minimum absolute atomic E-state index is 0.0487. The molecule has 0 spiro atoms. The number of nitrogens with one attached hydrogen (secondary N) is 2. The maximum Gasteiger partial charge on any atom is 0.328 e. The standard InChI is InChI=1S/C15H24N4O4/c1-18(2)7-4-6-16-13(20)12-9-17-15(22)19(14(12)21)10-11-5-3-8-23-11/h9,11H,3-8,10H2,1-2H3,(H,16,20)(H,17,22). The molecule has 1 saturated heterocycles. The highest BCUT2D eigenvalue weighted by Crippen LogP contribution is 2.12. The smallest absolute Gasteiger partial charge is 0.328 e. The molecule has 8 heteroatoms. The van der Waals surface area contributed by atoms with Crippen molar-refractivity contribution in [3.8, 4) is 0 Å². The molecule has 2 heterocycles. The minimum Gasteiger partial charge on any atom is -0.376 e. The molecule has 0 aromatic carbocycles. The number of carbonyl (C=O) groups is 1. The van der Waals surface area contributed by atoms with Crippen LogP contribution in [0.2, 0.25) is 0 Å². The van der Waals surface area contributed by atoms with E-state index in [1.807, 2.05) is 19.0 Å². The van der Waals surface area contributed by atoms with Crippen molar-refractivity contribution in [2.45, 2.75) is 31.9 Å². The second-order valence-corrected chi connectivity index (χ2v) is 5.97. The number of nitrogens with zero attached hydrogens (tertiary/aromatic N) is 2. The van der Waals surface area contributed by atoms with Crippen LogP contribution in [0.1, 0.15) is 29.6 Å². The third kappa shape index (κ3) is 4.77. The maximum absolute atomic E-state index is 12.4. The van der Waals surface area contributed by atoms with Crippen LogP contribution >= 0.6 is 0 Å². The lowest BCUT2D eigenvalue weighted by atomic mass is 10.2. The van der Waals surface area contributed by atoms with Gasteiger partial charge in [-0.25, -0.2) is 4.79 Å². The van der Waals surface area contributed by atoms with E-state index in [1.54, 1.807) is 0 Å². The second kappa shape index (κ2) is 8.07. The fourth-order valence-electron chi connectivity index (χ4n) is 2.52. The van der Waals surface area contributed by atoms with Crippen LogP contribution in [0, 0.1) is 0 Å². The van der Waals surface area contributed by atoms with E-state index in [0.29, 0.717) is 13.2 Å². The summed E-state index contributed by atoms with van der Waals surface area (Å²) in [7, 11) is 3.90. The van der Waals surface area contributed by atoms with Gasteiger partial charge >= 0.3 is 5.69 Å². The van der Waals surface area contributed by atoms with Crippen LogP contribution in [0.3, 0.4) is 0 Å². The van der Waals surface area contributed by atoms with Gasteiger partial charge in [-0.1, -0.05) is 0 Å². The van der Waals surface area contributed by atoms with Gasteiger partial charge in [-0.05, 0) is 39.9 Å². The monoisotopic (exact) mass is 324 g/mol. The molecule has 1 atom stereocenters. The van der Waals surface area contributed by atoms with Crippen LogP contribution in [0.25, 0.3) is 0 Å². The molecule has 1 aliphatic rings. The van der Waals surface area contributed by atoms with E-state index in [4.69, 9.17) is 4.74 Å². The molecule has 0 radical (unpaired) electrons. The van der Waals surface area contributed by atoms with Crippen molar-refractivity contribution in [1.29, 1.82) is 0 Å². The fourth-order valence-corrected chi connectivity index (χ4v) is 2.52. The molecule has 0 saturated carbocycles. The molecule has 1 aromatic heterocycles. The Morgan fingerprint density at radius 3 is 2.91 bits per heavy atom. The fraction of sp³-hybridized carbons (Fsp3) is 0.667. The Labute approximate surface area is 134 Å². The van der Waals surface area contributed by atoms with Gasteiger partial charge in [0.15, 0.2) is 0 Å². The summed E-state index contributed by atoms with van der Waals surface area (Å²) in [5.41, 5.74) is -1.14. The van der Waals surface area contributed by atoms with E-state index < -0.39 is 17.2 Å². The summed E-state index contributed by atoms with van der Waals surface area (Å²) >= 11 is 0. The van der Waals surface area contributed by atoms with Crippen LogP contribution in [0.15, 0.2) is 15.8 Å². The van der Waals surface area contributed by atoms with Crippen molar-refractivity contribution < 1.29 is 9.53 Å². The molecular formula is C15H24N4O4. The zero-order valence-corrected chi connectivity index (χ0v) is 13.6. The second-order valence-electron chi connectivity index (χ2n) is 5.97. The Morgan fingerprint density at radius 2 is 2.26 bits per heavy atom. The van der Waals surface area contributed by atoms with Gasteiger partial charge in [-0.15, -0.1) is 0 Å². The number of rotatable bonds is 7. The maximum atomic E-state index is 12.4. The van der Waals surface area contributed by atoms with Gasteiger partial charge in [0.25, 0.3) is 11.5 Å². The Kier molecular flexibility index (Phi) is 6.12. The Morgan fingerprint density at radius 1 is 1.48 bits per heavy atom. The molecule has 2 N–H and O–H groups in total. The van der Waals surface area contributed by atoms with Crippen molar-refractivity contribution in [3.63, 3.8) is 0 Å². The van der Waals surface area contributed by atoms with Crippen LogP contribution < -0.4 is 16.6 Å². The summed E-state index contributed by atoms with van der Waals surface area (Å²) in [6, 6.07) is 0. The Bertz CT molecular complexity index is 644. The van der Waals surface area contributed by atoms with Crippen LogP contribution in [-0.2, 0) is 11.3 Å². The number of carbonyl (C=O) groups excluding carboxylic acids is 1. The van der Waals surface area contributed by atoms with Gasteiger partial charge < -0.3 is 19.9 Å². The van der Waals surface area contributed by atoms with E-state index in [1.165, 1.54) is 6.20 Å². The number of ether oxygens (including phenoxy) is 1. The van der Waals surface area contributed by atoms with Crippen molar-refractivity contribution in [2.24, 2.45) is 0 Å². The quantitative estimate of drug-likeness (QED) is 0.653. The minimum atomic E-state index is -0.575. The number of hydrogen-bond donors (Lipinski definition) is 2. The normalized spacial score (nSPS) is 17.6. The molecule has 0 aliphatic carbocycles. The molecule has 0 bridgehead atoms. The Hall–Kier alpha value is -1.93. The lowest BCUT2D eigenvalue weighted by molar-refractivity contribution is 0.0922. The number of aromatic amines is 1. The van der Waals surface area contributed by atoms with E-state index in [2.05, 4.69) is 10.3 Å². The van der Waals surface area contributed by atoms with Crippen molar-refractivity contribution >= 4 is 5.91 Å². The first kappa shape index (κ1) is 17.4. The molecule has 2 rings (SSSR count). The van der Waals surface area contributed by atoms with Gasteiger partial charge in [0.2, 0.25) is 0 Å². The predicted molar refractivity (Wildman–Crippen MR) is 85.8 cm³/mol. The number of H-pyrrole nitrogens is 1. The molecule has 1 aromatic rings. The summed E-state index contributed by atoms with van der Waals surface area (Å²) in [5, 5.41) is 2.70. The molecule has 1 aliphatic heterocycles. The van der Waals surface area contributed by atoms with E-state index >= 15 is 0 Å². The molecule has 8 nitrogen and oxygen atoms in total. The molecule has 1 amide bonds. The third-order valence-corrected chi connectivity index (χ3v) is 3.78. The molecule has 23 heavy (non-hydrogen) atoms. The summed E-state index contributed by atoms with van der Waals surface area (Å²) in [5.74, 6) is -0.467. The number of aromatic nitrogens is 2. The summed E-state index contributed by atoms with van der Waals surface area (Å²) in [6.07, 6.45) is 3.55. The van der Waals surface area contributed by atoms with Crippen LogP contribution in [0.4, 0.5) is 0 Å². The average Bonchev–Trinajstić information content (AvgIpc) is 3.00. The largest absolute Gasteiger partial charge is 0.376 e. The van der Waals surface area contributed by atoms with Gasteiger partial charge in [-0.2, -0.15) is 0 Å². The highest BCUT2D eigenvalue weighted by molar-refractivity contribution is 5.93. The summed E-state index contributed by atoms with van der Waals surface area (Å²) in [4.78, 5) is 40.8. The van der Waals surface area contributed by atoms with Gasteiger partial charge in [0.05, 0.1) is 12.6 Å². The van der Waals surface area contributed by atoms with Crippen molar-refractivity contribution in [1.82, 2.24) is 19.8 Å². The topological polar surface area (TPSA) is 96.4 Å². The first-order chi connectivity index (χ1) is 11.0. The molecule has 1 unspecified atom stereocenters.